The first-order valence-electron chi connectivity index (χ1n) is 3.57. The Kier molecular flexibility index (Phi) is 2.19. The second kappa shape index (κ2) is 2.90. The fraction of sp³-hybridized carbons (Fsp3) is 0.375. The van der Waals surface area contributed by atoms with Crippen LogP contribution in [0.3, 0.4) is 0 Å². The zero-order chi connectivity index (χ0) is 10.2. The second-order valence-corrected chi connectivity index (χ2v) is 2.83. The van der Waals surface area contributed by atoms with Gasteiger partial charge in [0.2, 0.25) is 0 Å². The number of pyridine rings is 1. The van der Waals surface area contributed by atoms with Gasteiger partial charge in [-0.25, -0.2) is 0 Å². The lowest BCUT2D eigenvalue weighted by Gasteiger charge is -2.08. The Morgan fingerprint density at radius 3 is 2.31 bits per heavy atom. The number of rotatable bonds is 0. The smallest absolute Gasteiger partial charge is 0.318 e. The third-order valence-electron chi connectivity index (χ3n) is 1.69. The van der Waals surface area contributed by atoms with Crippen LogP contribution in [0, 0.1) is 6.92 Å². The van der Waals surface area contributed by atoms with E-state index in [1.54, 1.807) is 0 Å². The third-order valence-corrected chi connectivity index (χ3v) is 1.69. The highest BCUT2D eigenvalue weighted by Crippen LogP contribution is 2.28. The summed E-state index contributed by atoms with van der Waals surface area (Å²) in [4.78, 5) is 11.0. The molecule has 0 aliphatic carbocycles. The zero-order valence-corrected chi connectivity index (χ0v) is 7.14. The van der Waals surface area contributed by atoms with E-state index in [9.17, 15) is 18.0 Å². The molecule has 0 N–H and O–H groups in total. The number of aryl methyl sites for hydroxylation is 2. The van der Waals surface area contributed by atoms with Gasteiger partial charge in [0.25, 0.3) is 5.56 Å². The van der Waals surface area contributed by atoms with Crippen molar-refractivity contribution in [2.75, 3.05) is 0 Å². The van der Waals surface area contributed by atoms with Crippen LogP contribution in [-0.4, -0.2) is 4.57 Å². The molecule has 0 fully saturated rings. The van der Waals surface area contributed by atoms with E-state index in [2.05, 4.69) is 0 Å². The standard InChI is InChI=1S/C8H8F3NO/c1-5-3-6(8(9,10)11)4-12(2)7(5)13/h3-4H,1-2H3. The molecule has 72 valence electrons. The molecule has 1 heterocycles. The van der Waals surface area contributed by atoms with Crippen LogP contribution < -0.4 is 5.56 Å². The summed E-state index contributed by atoms with van der Waals surface area (Å²) in [5, 5.41) is 0. The SMILES string of the molecule is Cc1cc(C(F)(F)F)cn(C)c1=O. The molecule has 0 amide bonds. The van der Waals surface area contributed by atoms with Gasteiger partial charge in [0.05, 0.1) is 5.56 Å². The van der Waals surface area contributed by atoms with Crippen LogP contribution >= 0.6 is 0 Å². The molecular weight excluding hydrogens is 183 g/mol. The topological polar surface area (TPSA) is 22.0 Å². The Hall–Kier alpha value is -1.26. The molecule has 1 rings (SSSR count). The van der Waals surface area contributed by atoms with Gasteiger partial charge in [-0.15, -0.1) is 0 Å². The van der Waals surface area contributed by atoms with E-state index in [1.165, 1.54) is 14.0 Å². The normalized spacial score (nSPS) is 11.8. The molecule has 0 unspecified atom stereocenters. The van der Waals surface area contributed by atoms with Crippen LogP contribution in [0.25, 0.3) is 0 Å². The molecule has 0 aliphatic heterocycles. The minimum atomic E-state index is -4.39. The third kappa shape index (κ3) is 1.91. The number of nitrogens with zero attached hydrogens (tertiary/aromatic N) is 1. The molecule has 2 nitrogen and oxygen atoms in total. The van der Waals surface area contributed by atoms with Crippen LogP contribution in [0.4, 0.5) is 13.2 Å². The van der Waals surface area contributed by atoms with Gasteiger partial charge in [0.1, 0.15) is 0 Å². The molecule has 1 aromatic heterocycles. The summed E-state index contributed by atoms with van der Waals surface area (Å²) in [6.07, 6.45) is -3.61. The lowest BCUT2D eigenvalue weighted by molar-refractivity contribution is -0.138. The van der Waals surface area contributed by atoms with Crippen molar-refractivity contribution in [3.63, 3.8) is 0 Å². The highest BCUT2D eigenvalue weighted by Gasteiger charge is 2.31. The first-order chi connectivity index (χ1) is 5.82. The van der Waals surface area contributed by atoms with E-state index >= 15 is 0 Å². The Balaban J connectivity index is 3.38. The van der Waals surface area contributed by atoms with E-state index in [1.807, 2.05) is 0 Å². The Bertz CT molecular complexity index is 352. The largest absolute Gasteiger partial charge is 0.417 e. The van der Waals surface area contributed by atoms with Crippen LogP contribution in [-0.2, 0) is 13.2 Å². The van der Waals surface area contributed by atoms with Crippen LogP contribution in [0.2, 0.25) is 0 Å². The summed E-state index contributed by atoms with van der Waals surface area (Å²) in [6, 6.07) is 0.850. The summed E-state index contributed by atoms with van der Waals surface area (Å²) in [5.74, 6) is 0. The van der Waals surface area contributed by atoms with Gasteiger partial charge in [-0.3, -0.25) is 4.79 Å². The highest BCUT2D eigenvalue weighted by atomic mass is 19.4. The van der Waals surface area contributed by atoms with E-state index in [-0.39, 0.29) is 5.56 Å². The van der Waals surface area contributed by atoms with Crippen molar-refractivity contribution in [1.29, 1.82) is 0 Å². The van der Waals surface area contributed by atoms with Gasteiger partial charge in [0, 0.05) is 18.8 Å². The summed E-state index contributed by atoms with van der Waals surface area (Å²) in [7, 11) is 1.30. The minimum Gasteiger partial charge on any atom is -0.318 e. The molecule has 1 aromatic rings. The zero-order valence-electron chi connectivity index (χ0n) is 7.14. The Morgan fingerprint density at radius 1 is 1.38 bits per heavy atom. The van der Waals surface area contributed by atoms with Crippen molar-refractivity contribution < 1.29 is 13.2 Å². The summed E-state index contributed by atoms with van der Waals surface area (Å²) in [6.45, 7) is 1.36. The van der Waals surface area contributed by atoms with Crippen molar-refractivity contribution in [2.45, 2.75) is 13.1 Å². The second-order valence-electron chi connectivity index (χ2n) is 2.83. The van der Waals surface area contributed by atoms with Gasteiger partial charge in [-0.1, -0.05) is 0 Å². The van der Waals surface area contributed by atoms with Crippen molar-refractivity contribution in [1.82, 2.24) is 4.57 Å². The van der Waals surface area contributed by atoms with Crippen LogP contribution in [0.1, 0.15) is 11.1 Å². The maximum Gasteiger partial charge on any atom is 0.417 e. The first-order valence-corrected chi connectivity index (χ1v) is 3.57. The Labute approximate surface area is 72.6 Å². The lowest BCUT2D eigenvalue weighted by atomic mass is 10.2. The number of hydrogen-bond donors (Lipinski definition) is 0. The molecule has 0 atom stereocenters. The fourth-order valence-electron chi connectivity index (χ4n) is 1.03. The molecule has 0 aromatic carbocycles. The predicted molar refractivity (Wildman–Crippen MR) is 41.4 cm³/mol. The highest BCUT2D eigenvalue weighted by molar-refractivity contribution is 5.20. The first kappa shape index (κ1) is 9.83. The van der Waals surface area contributed by atoms with Crippen molar-refractivity contribution in [2.24, 2.45) is 7.05 Å². The van der Waals surface area contributed by atoms with E-state index in [0.29, 0.717) is 0 Å². The number of alkyl halides is 3. The number of hydrogen-bond acceptors (Lipinski definition) is 1. The molecular formula is C8H8F3NO. The monoisotopic (exact) mass is 191 g/mol. The van der Waals surface area contributed by atoms with Gasteiger partial charge in [0.15, 0.2) is 0 Å². The van der Waals surface area contributed by atoms with Gasteiger partial charge < -0.3 is 4.57 Å². The summed E-state index contributed by atoms with van der Waals surface area (Å²) < 4.78 is 37.4. The average molecular weight is 191 g/mol. The molecule has 0 aliphatic rings. The number of aromatic nitrogens is 1. The van der Waals surface area contributed by atoms with Gasteiger partial charge in [-0.2, -0.15) is 13.2 Å². The molecule has 0 saturated heterocycles. The Morgan fingerprint density at radius 2 is 1.92 bits per heavy atom. The molecule has 0 spiro atoms. The molecule has 0 saturated carbocycles. The van der Waals surface area contributed by atoms with Crippen molar-refractivity contribution in [3.05, 3.63) is 33.7 Å². The van der Waals surface area contributed by atoms with E-state index < -0.39 is 17.3 Å². The van der Waals surface area contributed by atoms with Crippen LogP contribution in [0.15, 0.2) is 17.1 Å². The van der Waals surface area contributed by atoms with Crippen molar-refractivity contribution in [3.8, 4) is 0 Å². The van der Waals surface area contributed by atoms with Crippen LogP contribution in [0.5, 0.6) is 0 Å². The number of halogens is 3. The molecule has 5 heteroatoms. The van der Waals surface area contributed by atoms with E-state index in [4.69, 9.17) is 0 Å². The molecule has 13 heavy (non-hydrogen) atoms. The van der Waals surface area contributed by atoms with E-state index in [0.717, 1.165) is 16.8 Å². The molecule has 0 bridgehead atoms. The lowest BCUT2D eigenvalue weighted by Crippen LogP contribution is -2.21. The summed E-state index contributed by atoms with van der Waals surface area (Å²) >= 11 is 0. The van der Waals surface area contributed by atoms with Gasteiger partial charge in [-0.05, 0) is 13.0 Å². The quantitative estimate of drug-likeness (QED) is 0.611. The maximum absolute atomic E-state index is 12.2. The van der Waals surface area contributed by atoms with Gasteiger partial charge >= 0.3 is 6.18 Å². The fourth-order valence-corrected chi connectivity index (χ4v) is 1.03. The minimum absolute atomic E-state index is 0.0947. The summed E-state index contributed by atoms with van der Waals surface area (Å²) in [5.41, 5.74) is -1.11. The average Bonchev–Trinajstić information content (AvgIpc) is 1.97. The molecule has 0 radical (unpaired) electrons. The maximum atomic E-state index is 12.2. The van der Waals surface area contributed by atoms with Crippen molar-refractivity contribution >= 4 is 0 Å². The predicted octanol–water partition coefficient (Wildman–Crippen LogP) is 1.71.